The molecule has 0 fully saturated rings. The number of halogens is 1. The number of fused-ring (bicyclic) bond motifs is 1. The van der Waals surface area contributed by atoms with Gasteiger partial charge in [0.25, 0.3) is 5.89 Å². The first-order valence-electron chi connectivity index (χ1n) is 9.92. The predicted octanol–water partition coefficient (Wildman–Crippen LogP) is 5.48. The molecule has 0 saturated heterocycles. The highest BCUT2D eigenvalue weighted by Crippen LogP contribution is 2.50. The average Bonchev–Trinajstić information content (AvgIpc) is 3.35. The van der Waals surface area contributed by atoms with Crippen molar-refractivity contribution in [3.05, 3.63) is 83.9 Å². The van der Waals surface area contributed by atoms with Crippen molar-refractivity contribution in [2.75, 3.05) is 24.0 Å². The first-order valence-corrected chi connectivity index (χ1v) is 9.92. The molecule has 0 bridgehead atoms. The number of hydrogen-bond donors (Lipinski definition) is 0. The Kier molecular flexibility index (Phi) is 4.58. The number of nitrogens with zero attached hydrogens (tertiary/aromatic N) is 4. The molecule has 0 radical (unpaired) electrons. The summed E-state index contributed by atoms with van der Waals surface area (Å²) in [5.41, 5.74) is 4.79. The van der Waals surface area contributed by atoms with Gasteiger partial charge in [0, 0.05) is 18.8 Å². The van der Waals surface area contributed by atoms with Crippen molar-refractivity contribution in [1.29, 1.82) is 0 Å². The maximum atomic E-state index is 13.6. The number of methoxy groups -OCH3 is 1. The smallest absolute Gasteiger partial charge is 0.261 e. The lowest BCUT2D eigenvalue weighted by atomic mass is 10.1. The van der Waals surface area contributed by atoms with Crippen molar-refractivity contribution < 1.29 is 13.7 Å². The third-order valence-electron chi connectivity index (χ3n) is 5.52. The highest BCUT2D eigenvalue weighted by Gasteiger charge is 2.36. The van der Waals surface area contributed by atoms with E-state index in [2.05, 4.69) is 32.1 Å². The molecule has 6 nitrogen and oxygen atoms in total. The van der Waals surface area contributed by atoms with Gasteiger partial charge in [-0.3, -0.25) is 0 Å². The quantitative estimate of drug-likeness (QED) is 0.439. The van der Waals surface area contributed by atoms with Gasteiger partial charge in [-0.2, -0.15) is 4.98 Å². The number of para-hydroxylation sites is 2. The van der Waals surface area contributed by atoms with Crippen LogP contribution in [-0.2, 0) is 0 Å². The van der Waals surface area contributed by atoms with Crippen molar-refractivity contribution >= 4 is 17.1 Å². The van der Waals surface area contributed by atoms with Gasteiger partial charge >= 0.3 is 0 Å². The molecule has 1 atom stereocenters. The summed E-state index contributed by atoms with van der Waals surface area (Å²) >= 11 is 0. The number of aromatic nitrogens is 2. The third-order valence-corrected chi connectivity index (χ3v) is 5.52. The second kappa shape index (κ2) is 7.43. The molecule has 0 saturated carbocycles. The molecule has 31 heavy (non-hydrogen) atoms. The number of ether oxygens (including phenoxy) is 1. The molecule has 0 N–H and O–H groups in total. The van der Waals surface area contributed by atoms with Gasteiger partial charge < -0.3 is 19.1 Å². The minimum Gasteiger partial charge on any atom is -0.496 e. The Morgan fingerprint density at radius 2 is 1.74 bits per heavy atom. The fourth-order valence-electron chi connectivity index (χ4n) is 4.10. The number of hydrogen-bond acceptors (Lipinski definition) is 6. The number of benzene rings is 3. The summed E-state index contributed by atoms with van der Waals surface area (Å²) < 4.78 is 24.6. The Hall–Kier alpha value is -3.87. The largest absolute Gasteiger partial charge is 0.496 e. The summed E-state index contributed by atoms with van der Waals surface area (Å²) in [6.45, 7) is 1.78. The molecule has 3 aromatic carbocycles. The molecule has 156 valence electrons. The summed E-state index contributed by atoms with van der Waals surface area (Å²) in [7, 11) is 3.66. The second-order valence-corrected chi connectivity index (χ2v) is 7.43. The molecule has 1 aliphatic heterocycles. The molecule has 2 heterocycles. The van der Waals surface area contributed by atoms with Crippen molar-refractivity contribution in [3.63, 3.8) is 0 Å². The van der Waals surface area contributed by atoms with Crippen LogP contribution in [0.3, 0.4) is 0 Å². The average molecular weight is 416 g/mol. The summed E-state index contributed by atoms with van der Waals surface area (Å²) in [6, 6.07) is 20.7. The van der Waals surface area contributed by atoms with Gasteiger partial charge in [-0.1, -0.05) is 29.4 Å². The lowest BCUT2D eigenvalue weighted by Crippen LogP contribution is -2.30. The highest BCUT2D eigenvalue weighted by atomic mass is 19.1. The van der Waals surface area contributed by atoms with Crippen LogP contribution in [0.4, 0.5) is 21.5 Å². The molecule has 7 heteroatoms. The molecule has 0 aliphatic carbocycles. The third kappa shape index (κ3) is 3.18. The maximum absolute atomic E-state index is 13.6. The Morgan fingerprint density at radius 1 is 1.00 bits per heavy atom. The maximum Gasteiger partial charge on any atom is 0.261 e. The fourth-order valence-corrected chi connectivity index (χ4v) is 4.10. The highest BCUT2D eigenvalue weighted by molar-refractivity contribution is 5.85. The molecule has 5 rings (SSSR count). The SMILES string of the molecule is COc1cc(N2c3ccccc3N(C)C2c2ccc(F)cc2)ccc1-c1nc(C)no1. The van der Waals surface area contributed by atoms with E-state index in [0.29, 0.717) is 17.5 Å². The minimum absolute atomic E-state index is 0.140. The van der Waals surface area contributed by atoms with E-state index in [0.717, 1.165) is 28.2 Å². The van der Waals surface area contributed by atoms with E-state index in [1.807, 2.05) is 49.5 Å². The molecule has 0 amide bonds. The van der Waals surface area contributed by atoms with E-state index in [1.54, 1.807) is 14.0 Å². The van der Waals surface area contributed by atoms with Gasteiger partial charge in [-0.15, -0.1) is 0 Å². The van der Waals surface area contributed by atoms with E-state index in [4.69, 9.17) is 9.26 Å². The summed E-state index contributed by atoms with van der Waals surface area (Å²) in [5.74, 6) is 1.35. The van der Waals surface area contributed by atoms with E-state index >= 15 is 0 Å². The zero-order valence-electron chi connectivity index (χ0n) is 17.4. The Balaban J connectivity index is 1.64. The molecular weight excluding hydrogens is 395 g/mol. The standard InChI is InChI=1S/C24H21FN4O2/c1-15-26-23(31-27-15)19-13-12-18(14-22(19)30-3)29-21-7-5-4-6-20(21)28(2)24(29)16-8-10-17(25)11-9-16/h4-14,24H,1-3H3. The van der Waals surface area contributed by atoms with Crippen LogP contribution >= 0.6 is 0 Å². The van der Waals surface area contributed by atoms with Crippen LogP contribution in [0.15, 0.2) is 71.3 Å². The summed E-state index contributed by atoms with van der Waals surface area (Å²) in [4.78, 5) is 8.72. The zero-order valence-corrected chi connectivity index (χ0v) is 17.4. The predicted molar refractivity (Wildman–Crippen MR) is 117 cm³/mol. The monoisotopic (exact) mass is 416 g/mol. The van der Waals surface area contributed by atoms with Crippen LogP contribution in [0.25, 0.3) is 11.5 Å². The van der Waals surface area contributed by atoms with Gasteiger partial charge in [-0.25, -0.2) is 4.39 Å². The molecule has 0 spiro atoms. The fraction of sp³-hybridized carbons (Fsp3) is 0.167. The van der Waals surface area contributed by atoms with Crippen LogP contribution in [0.2, 0.25) is 0 Å². The molecule has 4 aromatic rings. The summed E-state index contributed by atoms with van der Waals surface area (Å²) in [6.07, 6.45) is -0.140. The lowest BCUT2D eigenvalue weighted by Gasteiger charge is -2.31. The first kappa shape index (κ1) is 19.1. The van der Waals surface area contributed by atoms with Crippen molar-refractivity contribution in [1.82, 2.24) is 10.1 Å². The van der Waals surface area contributed by atoms with E-state index < -0.39 is 0 Å². The van der Waals surface area contributed by atoms with E-state index in [9.17, 15) is 4.39 Å². The van der Waals surface area contributed by atoms with Crippen molar-refractivity contribution in [2.24, 2.45) is 0 Å². The number of anilines is 3. The number of aryl methyl sites for hydroxylation is 1. The van der Waals surface area contributed by atoms with Gasteiger partial charge in [0.2, 0.25) is 0 Å². The minimum atomic E-state index is -0.255. The first-order chi connectivity index (χ1) is 15.1. The molecular formula is C24H21FN4O2. The van der Waals surface area contributed by atoms with Crippen LogP contribution in [-0.4, -0.2) is 24.3 Å². The van der Waals surface area contributed by atoms with E-state index in [-0.39, 0.29) is 12.0 Å². The Morgan fingerprint density at radius 3 is 2.42 bits per heavy atom. The second-order valence-electron chi connectivity index (χ2n) is 7.43. The van der Waals surface area contributed by atoms with Gasteiger partial charge in [0.05, 0.1) is 24.0 Å². The van der Waals surface area contributed by atoms with Crippen LogP contribution in [0.1, 0.15) is 17.6 Å². The Labute approximate surface area is 179 Å². The topological polar surface area (TPSA) is 54.6 Å². The van der Waals surface area contributed by atoms with Crippen LogP contribution in [0, 0.1) is 12.7 Å². The lowest BCUT2D eigenvalue weighted by molar-refractivity contribution is 0.403. The Bertz CT molecular complexity index is 1240. The normalized spacial score (nSPS) is 15.3. The van der Waals surface area contributed by atoms with Crippen LogP contribution < -0.4 is 14.5 Å². The van der Waals surface area contributed by atoms with Gasteiger partial charge in [-0.05, 0) is 48.9 Å². The van der Waals surface area contributed by atoms with Crippen molar-refractivity contribution in [2.45, 2.75) is 13.1 Å². The summed E-state index contributed by atoms with van der Waals surface area (Å²) in [5, 5.41) is 3.88. The zero-order chi connectivity index (χ0) is 21.5. The van der Waals surface area contributed by atoms with Crippen LogP contribution in [0.5, 0.6) is 5.75 Å². The van der Waals surface area contributed by atoms with Crippen molar-refractivity contribution in [3.8, 4) is 17.2 Å². The van der Waals surface area contributed by atoms with E-state index in [1.165, 1.54) is 12.1 Å². The van der Waals surface area contributed by atoms with Gasteiger partial charge in [0.1, 0.15) is 17.7 Å². The van der Waals surface area contributed by atoms with Gasteiger partial charge in [0.15, 0.2) is 5.82 Å². The molecule has 1 aliphatic rings. The number of rotatable bonds is 4. The molecule has 1 aromatic heterocycles. The molecule has 1 unspecified atom stereocenters.